The quantitative estimate of drug-likeness (QED) is 0.375. The number of hydrogen-bond acceptors (Lipinski definition) is 2. The molecule has 0 radical (unpaired) electrons. The first-order valence-corrected chi connectivity index (χ1v) is 13.6. The van der Waals surface area contributed by atoms with Crippen LogP contribution >= 0.6 is 27.2 Å². The molecule has 2 rings (SSSR count). The maximum atomic E-state index is 10.4. The van der Waals surface area contributed by atoms with Gasteiger partial charge in [0, 0.05) is 17.1 Å². The third kappa shape index (κ3) is 8.11. The van der Waals surface area contributed by atoms with E-state index in [1.165, 1.54) is 16.4 Å². The molecule has 2 aromatic carbocycles. The van der Waals surface area contributed by atoms with E-state index in [-0.39, 0.29) is 5.54 Å². The van der Waals surface area contributed by atoms with Crippen molar-refractivity contribution in [2.75, 3.05) is 0 Å². The maximum absolute atomic E-state index is 10.4. The minimum atomic E-state index is -0.556. The van der Waals surface area contributed by atoms with Gasteiger partial charge in [-0.05, 0) is 70.1 Å². The van der Waals surface area contributed by atoms with E-state index in [0.29, 0.717) is 14.3 Å². The minimum absolute atomic E-state index is 0.0911. The summed E-state index contributed by atoms with van der Waals surface area (Å²) in [7, 11) is 10.2. The van der Waals surface area contributed by atoms with Crippen molar-refractivity contribution in [1.29, 1.82) is 0 Å². The molecule has 0 aliphatic rings. The number of aliphatic imine (C=N–C) groups is 1. The van der Waals surface area contributed by atoms with Crippen LogP contribution in [0.2, 0.25) is 0 Å². The number of aromatic hydroxyl groups is 1. The molecule has 1 atom stereocenters. The first-order valence-electron chi connectivity index (χ1n) is 8.26. The molecule has 2 nitrogen and oxygen atoms in total. The van der Waals surface area contributed by atoms with Gasteiger partial charge in [-0.2, -0.15) is 0 Å². The Kier molecular flexibility index (Phi) is 9.87. The van der Waals surface area contributed by atoms with Crippen molar-refractivity contribution in [3.63, 3.8) is 0 Å². The molecule has 0 aliphatic heterocycles. The predicted octanol–water partition coefficient (Wildman–Crippen LogP) is 5.54. The predicted molar refractivity (Wildman–Crippen MR) is 115 cm³/mol. The Morgan fingerprint density at radius 3 is 2.19 bits per heavy atom. The van der Waals surface area contributed by atoms with Crippen molar-refractivity contribution >= 4 is 44.0 Å². The number of benzene rings is 2. The molecule has 0 bridgehead atoms. The van der Waals surface area contributed by atoms with Gasteiger partial charge < -0.3 is 5.11 Å². The summed E-state index contributed by atoms with van der Waals surface area (Å²) >= 11 is -0.556. The van der Waals surface area contributed by atoms with Crippen LogP contribution in [0, 0.1) is 20.8 Å². The SMILES string of the molecule is Cc1ccc(Pc2cc(C)cc(C)c2O)c(C=NC(C)(C)C)c1.[Cl][Ti][Cl]. The van der Waals surface area contributed by atoms with E-state index in [1.54, 1.807) is 0 Å². The number of phenolic OH excluding ortho intramolecular Hbond substituents is 1. The van der Waals surface area contributed by atoms with Crippen molar-refractivity contribution in [3.8, 4) is 5.75 Å². The fourth-order valence-electron chi connectivity index (χ4n) is 2.37. The number of rotatable bonds is 3. The van der Waals surface area contributed by atoms with Gasteiger partial charge in [0.1, 0.15) is 5.75 Å². The normalized spacial score (nSPS) is 11.7. The van der Waals surface area contributed by atoms with E-state index in [9.17, 15) is 5.11 Å². The average molecular weight is 446 g/mol. The molecule has 2 aromatic rings. The third-order valence-corrected chi connectivity index (χ3v) is 4.89. The van der Waals surface area contributed by atoms with Gasteiger partial charge in [0.15, 0.2) is 0 Å². The monoisotopic (exact) mass is 445 g/mol. The molecule has 26 heavy (non-hydrogen) atoms. The molecular formula is C20H26Cl2NOPTi. The zero-order valence-corrected chi connectivity index (χ0v) is 20.2. The Labute approximate surface area is 175 Å². The zero-order chi connectivity index (χ0) is 19.9. The average Bonchev–Trinajstić information content (AvgIpc) is 2.52. The van der Waals surface area contributed by atoms with E-state index < -0.39 is 17.0 Å². The molecule has 1 unspecified atom stereocenters. The van der Waals surface area contributed by atoms with Gasteiger partial charge in [0.05, 0.1) is 5.54 Å². The Morgan fingerprint density at radius 2 is 1.62 bits per heavy atom. The molecule has 0 aliphatic carbocycles. The van der Waals surface area contributed by atoms with Gasteiger partial charge >= 0.3 is 35.6 Å². The van der Waals surface area contributed by atoms with Crippen LogP contribution in [0.3, 0.4) is 0 Å². The molecule has 0 heterocycles. The van der Waals surface area contributed by atoms with Gasteiger partial charge in [0.25, 0.3) is 0 Å². The molecule has 0 spiro atoms. The molecular weight excluding hydrogens is 420 g/mol. The summed E-state index contributed by atoms with van der Waals surface area (Å²) in [5.74, 6) is 0.410. The summed E-state index contributed by atoms with van der Waals surface area (Å²) in [5, 5.41) is 12.6. The third-order valence-electron chi connectivity index (χ3n) is 3.51. The van der Waals surface area contributed by atoms with E-state index in [4.69, 9.17) is 18.6 Å². The van der Waals surface area contributed by atoms with Crippen LogP contribution < -0.4 is 10.6 Å². The van der Waals surface area contributed by atoms with Crippen LogP contribution in [-0.4, -0.2) is 16.9 Å². The first kappa shape index (κ1) is 23.7. The molecule has 0 amide bonds. The zero-order valence-electron chi connectivity index (χ0n) is 16.1. The Hall–Kier alpha value is -0.366. The van der Waals surface area contributed by atoms with E-state index >= 15 is 0 Å². The van der Waals surface area contributed by atoms with Crippen LogP contribution in [0.1, 0.15) is 43.0 Å². The molecule has 0 saturated carbocycles. The van der Waals surface area contributed by atoms with Gasteiger partial charge in [-0.25, -0.2) is 0 Å². The van der Waals surface area contributed by atoms with E-state index in [0.717, 1.165) is 16.4 Å². The number of phenols is 1. The molecule has 0 saturated heterocycles. The summed E-state index contributed by atoms with van der Waals surface area (Å²) in [6, 6.07) is 10.5. The fraction of sp³-hybridized carbons (Fsp3) is 0.350. The Bertz CT molecular complexity index is 773. The summed E-state index contributed by atoms with van der Waals surface area (Å²) in [6.45, 7) is 12.4. The van der Waals surface area contributed by atoms with E-state index in [2.05, 4.69) is 63.9 Å². The second-order valence-corrected chi connectivity index (χ2v) is 11.1. The second kappa shape index (κ2) is 10.8. The fourth-order valence-corrected chi connectivity index (χ4v) is 3.72. The molecule has 0 aromatic heterocycles. The molecule has 0 fully saturated rings. The summed E-state index contributed by atoms with van der Waals surface area (Å²) in [4.78, 5) is 4.64. The number of aryl methyl sites for hydroxylation is 3. The van der Waals surface area contributed by atoms with Crippen LogP contribution in [0.15, 0.2) is 35.3 Å². The van der Waals surface area contributed by atoms with Crippen molar-refractivity contribution in [3.05, 3.63) is 52.6 Å². The molecule has 1 N–H and O–H groups in total. The molecule has 6 heteroatoms. The van der Waals surface area contributed by atoms with Gasteiger partial charge in [0.2, 0.25) is 0 Å². The van der Waals surface area contributed by atoms with Crippen molar-refractivity contribution < 1.29 is 22.1 Å². The number of nitrogens with zero attached hydrogens (tertiary/aromatic N) is 1. The van der Waals surface area contributed by atoms with Crippen LogP contribution in [0.25, 0.3) is 0 Å². The summed E-state index contributed by atoms with van der Waals surface area (Å²) < 4.78 is 0. The van der Waals surface area contributed by atoms with Crippen molar-refractivity contribution in [1.82, 2.24) is 0 Å². The Morgan fingerprint density at radius 1 is 1.00 bits per heavy atom. The van der Waals surface area contributed by atoms with Crippen LogP contribution in [-0.2, 0) is 17.0 Å². The van der Waals surface area contributed by atoms with Crippen molar-refractivity contribution in [2.45, 2.75) is 47.1 Å². The summed E-state index contributed by atoms with van der Waals surface area (Å²) in [6.07, 6.45) is 1.97. The second-order valence-electron chi connectivity index (χ2n) is 7.19. The molecule has 140 valence electrons. The van der Waals surface area contributed by atoms with Crippen molar-refractivity contribution in [2.24, 2.45) is 4.99 Å². The Balaban J connectivity index is 0.00000105. The summed E-state index contributed by atoms with van der Waals surface area (Å²) in [5.41, 5.74) is 4.38. The van der Waals surface area contributed by atoms with Crippen LogP contribution in [0.4, 0.5) is 0 Å². The number of hydrogen-bond donors (Lipinski definition) is 1. The topological polar surface area (TPSA) is 32.6 Å². The van der Waals surface area contributed by atoms with Gasteiger partial charge in [-0.15, -0.1) is 0 Å². The van der Waals surface area contributed by atoms with Gasteiger partial charge in [-0.3, -0.25) is 4.99 Å². The number of halogens is 2. The standard InChI is InChI=1S/C20H26NOP.2ClH.Ti/c1-13-7-8-17(16(10-13)12-21-20(4,5)6)23-18-11-14(2)9-15(3)19(18)22;;;/h7-12,22-23H,1-6H3;2*1H;/q;;;+2/p-2. The van der Waals surface area contributed by atoms with Gasteiger partial charge in [-0.1, -0.05) is 32.3 Å². The van der Waals surface area contributed by atoms with Crippen LogP contribution in [0.5, 0.6) is 5.75 Å². The van der Waals surface area contributed by atoms with E-state index in [1.807, 2.05) is 19.2 Å². The first-order chi connectivity index (χ1) is 12.1.